The second-order valence-corrected chi connectivity index (χ2v) is 6.62. The van der Waals surface area contributed by atoms with Crippen molar-refractivity contribution in [1.29, 1.82) is 0 Å². The van der Waals surface area contributed by atoms with Crippen molar-refractivity contribution >= 4 is 12.2 Å². The Morgan fingerprint density at radius 2 is 2.11 bits per heavy atom. The van der Waals surface area contributed by atoms with E-state index in [-0.39, 0.29) is 17.6 Å². The first kappa shape index (κ1) is 14.1. The number of ether oxygens (including phenoxy) is 1. The van der Waals surface area contributed by atoms with Crippen molar-refractivity contribution < 1.29 is 14.3 Å². The molecule has 106 valence electrons. The maximum absolute atomic E-state index is 12.0. The summed E-state index contributed by atoms with van der Waals surface area (Å²) in [6.07, 6.45) is 5.27. The Bertz CT molecular complexity index is 409. The van der Waals surface area contributed by atoms with Crippen molar-refractivity contribution in [3.05, 3.63) is 0 Å². The molecule has 19 heavy (non-hydrogen) atoms. The molecule has 0 aromatic carbocycles. The molecule has 5 heteroatoms. The molecule has 1 saturated carbocycles. The molecule has 2 rings (SSSR count). The summed E-state index contributed by atoms with van der Waals surface area (Å²) < 4.78 is 5.40. The first-order valence-electron chi connectivity index (χ1n) is 6.91. The molecule has 1 saturated heterocycles. The van der Waals surface area contributed by atoms with Crippen LogP contribution < -0.4 is 0 Å². The van der Waals surface area contributed by atoms with E-state index in [1.807, 2.05) is 20.8 Å². The smallest absolute Gasteiger partial charge is 0.410 e. The predicted molar refractivity (Wildman–Crippen MR) is 70.6 cm³/mol. The van der Waals surface area contributed by atoms with E-state index in [0.29, 0.717) is 6.54 Å². The lowest BCUT2D eigenvalue weighted by Gasteiger charge is -2.26. The van der Waals surface area contributed by atoms with E-state index in [2.05, 4.69) is 4.99 Å². The van der Waals surface area contributed by atoms with Crippen LogP contribution in [0.15, 0.2) is 4.99 Å². The maximum atomic E-state index is 12.0. The van der Waals surface area contributed by atoms with Crippen molar-refractivity contribution in [3.63, 3.8) is 0 Å². The Balaban J connectivity index is 1.91. The summed E-state index contributed by atoms with van der Waals surface area (Å²) in [5.41, 5.74) is -0.306. The second-order valence-electron chi connectivity index (χ2n) is 6.62. The van der Waals surface area contributed by atoms with Gasteiger partial charge in [0.1, 0.15) is 5.60 Å². The lowest BCUT2D eigenvalue weighted by molar-refractivity contribution is 0.0254. The van der Waals surface area contributed by atoms with Crippen molar-refractivity contribution in [3.8, 4) is 0 Å². The van der Waals surface area contributed by atoms with Crippen LogP contribution in [-0.2, 0) is 9.53 Å². The minimum absolute atomic E-state index is 0.128. The fraction of sp³-hybridized carbons (Fsp3) is 0.857. The van der Waals surface area contributed by atoms with Gasteiger partial charge in [-0.1, -0.05) is 0 Å². The van der Waals surface area contributed by atoms with E-state index < -0.39 is 5.60 Å². The Morgan fingerprint density at radius 1 is 1.37 bits per heavy atom. The summed E-state index contributed by atoms with van der Waals surface area (Å²) in [6, 6.07) is 0.128. The van der Waals surface area contributed by atoms with Gasteiger partial charge in [0.2, 0.25) is 6.08 Å². The molecule has 0 N–H and O–H groups in total. The average molecular weight is 266 g/mol. The average Bonchev–Trinajstić information content (AvgIpc) is 3.00. The van der Waals surface area contributed by atoms with Gasteiger partial charge in [0.25, 0.3) is 0 Å². The van der Waals surface area contributed by atoms with Crippen LogP contribution in [0.25, 0.3) is 0 Å². The molecule has 1 aliphatic heterocycles. The second kappa shape index (κ2) is 4.97. The lowest BCUT2D eigenvalue weighted by Crippen LogP contribution is -2.37. The number of hydrogen-bond acceptors (Lipinski definition) is 4. The van der Waals surface area contributed by atoms with Crippen molar-refractivity contribution in [2.24, 2.45) is 10.4 Å². The normalized spacial score (nSPS) is 30.5. The molecule has 2 aliphatic rings. The molecule has 2 unspecified atom stereocenters. The molecule has 2 fully saturated rings. The molecule has 1 aliphatic carbocycles. The lowest BCUT2D eigenvalue weighted by atomic mass is 9.96. The molecule has 0 aromatic heterocycles. The standard InChI is InChI=1S/C14H22N2O3/c1-13(2,3)19-12(18)16-7-4-5-14(6-8-16)9-11(14)15-10-17/h11H,4-9H2,1-3H3. The van der Waals surface area contributed by atoms with Crippen LogP contribution in [0.5, 0.6) is 0 Å². The van der Waals surface area contributed by atoms with Gasteiger partial charge >= 0.3 is 6.09 Å². The molecular formula is C14H22N2O3. The van der Waals surface area contributed by atoms with E-state index in [1.54, 1.807) is 11.0 Å². The number of hydrogen-bond donors (Lipinski definition) is 0. The summed E-state index contributed by atoms with van der Waals surface area (Å²) in [7, 11) is 0. The number of isocyanates is 1. The monoisotopic (exact) mass is 266 g/mol. The quantitative estimate of drug-likeness (QED) is 0.541. The van der Waals surface area contributed by atoms with Crippen molar-refractivity contribution in [2.75, 3.05) is 13.1 Å². The van der Waals surface area contributed by atoms with Crippen LogP contribution in [0.2, 0.25) is 0 Å². The van der Waals surface area contributed by atoms with Gasteiger partial charge in [-0.05, 0) is 51.9 Å². The van der Waals surface area contributed by atoms with Crippen LogP contribution >= 0.6 is 0 Å². The number of carbonyl (C=O) groups excluding carboxylic acids is 2. The van der Waals surface area contributed by atoms with Gasteiger partial charge in [-0.15, -0.1) is 0 Å². The van der Waals surface area contributed by atoms with Gasteiger partial charge in [-0.3, -0.25) is 0 Å². The number of rotatable bonds is 1. The molecular weight excluding hydrogens is 244 g/mol. The number of likely N-dealkylation sites (tertiary alicyclic amines) is 1. The predicted octanol–water partition coefficient (Wildman–Crippen LogP) is 2.50. The maximum Gasteiger partial charge on any atom is 0.410 e. The highest BCUT2D eigenvalue weighted by molar-refractivity contribution is 5.68. The first-order chi connectivity index (χ1) is 8.86. The van der Waals surface area contributed by atoms with Crippen LogP contribution in [0.4, 0.5) is 4.79 Å². The van der Waals surface area contributed by atoms with Crippen LogP contribution in [-0.4, -0.2) is 41.8 Å². The minimum Gasteiger partial charge on any atom is -0.444 e. The van der Waals surface area contributed by atoms with E-state index in [1.165, 1.54) is 0 Å². The molecule has 0 bridgehead atoms. The van der Waals surface area contributed by atoms with Gasteiger partial charge in [0, 0.05) is 13.1 Å². The van der Waals surface area contributed by atoms with Gasteiger partial charge in [0.05, 0.1) is 6.04 Å². The number of carbonyl (C=O) groups is 1. The zero-order valence-electron chi connectivity index (χ0n) is 11.9. The highest BCUT2D eigenvalue weighted by Gasteiger charge is 2.54. The molecule has 0 aromatic rings. The summed E-state index contributed by atoms with van der Waals surface area (Å²) in [6.45, 7) is 7.05. The molecule has 1 amide bonds. The number of nitrogens with zero attached hydrogens (tertiary/aromatic N) is 2. The van der Waals surface area contributed by atoms with E-state index in [9.17, 15) is 9.59 Å². The highest BCUT2D eigenvalue weighted by atomic mass is 16.6. The molecule has 0 radical (unpaired) electrons. The molecule has 5 nitrogen and oxygen atoms in total. The summed E-state index contributed by atoms with van der Waals surface area (Å²) >= 11 is 0. The summed E-state index contributed by atoms with van der Waals surface area (Å²) in [5, 5.41) is 0. The SMILES string of the molecule is CC(C)(C)OC(=O)N1CCCC2(CC1)CC2N=C=O. The van der Waals surface area contributed by atoms with Gasteiger partial charge in [-0.2, -0.15) is 0 Å². The van der Waals surface area contributed by atoms with Gasteiger partial charge in [0.15, 0.2) is 0 Å². The van der Waals surface area contributed by atoms with Crippen molar-refractivity contribution in [1.82, 2.24) is 4.90 Å². The number of amides is 1. The Kier molecular flexibility index (Phi) is 3.68. The van der Waals surface area contributed by atoms with E-state index in [4.69, 9.17) is 4.74 Å². The minimum atomic E-state index is -0.453. The summed E-state index contributed by atoms with van der Waals surface area (Å²) in [5.74, 6) is 0. The molecule has 1 spiro atoms. The number of aliphatic imine (C=N–C) groups is 1. The zero-order chi connectivity index (χ0) is 14.1. The third kappa shape index (κ3) is 3.35. The van der Waals surface area contributed by atoms with Crippen LogP contribution in [0.1, 0.15) is 46.5 Å². The van der Waals surface area contributed by atoms with E-state index in [0.717, 1.165) is 32.2 Å². The Hall–Kier alpha value is -1.35. The van der Waals surface area contributed by atoms with Gasteiger partial charge in [-0.25, -0.2) is 14.6 Å². The zero-order valence-corrected chi connectivity index (χ0v) is 11.9. The molecule has 2 atom stereocenters. The summed E-state index contributed by atoms with van der Waals surface area (Å²) in [4.78, 5) is 28.0. The largest absolute Gasteiger partial charge is 0.444 e. The van der Waals surface area contributed by atoms with Crippen LogP contribution in [0, 0.1) is 5.41 Å². The Morgan fingerprint density at radius 3 is 2.74 bits per heavy atom. The third-order valence-corrected chi connectivity index (χ3v) is 3.99. The third-order valence-electron chi connectivity index (χ3n) is 3.99. The Labute approximate surface area is 114 Å². The van der Waals surface area contributed by atoms with E-state index >= 15 is 0 Å². The molecule has 1 heterocycles. The fourth-order valence-corrected chi connectivity index (χ4v) is 2.84. The van der Waals surface area contributed by atoms with Crippen molar-refractivity contribution in [2.45, 2.75) is 58.1 Å². The van der Waals surface area contributed by atoms with Crippen LogP contribution in [0.3, 0.4) is 0 Å². The van der Waals surface area contributed by atoms with Gasteiger partial charge < -0.3 is 9.64 Å². The first-order valence-corrected chi connectivity index (χ1v) is 6.91. The topological polar surface area (TPSA) is 59.0 Å². The highest BCUT2D eigenvalue weighted by Crippen LogP contribution is 2.55. The fourth-order valence-electron chi connectivity index (χ4n) is 2.84.